The van der Waals surface area contributed by atoms with Crippen LogP contribution in [0.2, 0.25) is 0 Å². The van der Waals surface area contributed by atoms with Gasteiger partial charge in [0.05, 0.1) is 5.41 Å². The highest BCUT2D eigenvalue weighted by molar-refractivity contribution is 5.92. The van der Waals surface area contributed by atoms with E-state index in [2.05, 4.69) is 0 Å². The zero-order valence-electron chi connectivity index (χ0n) is 11.7. The molecule has 1 aliphatic rings. The number of nitrogens with zero attached hydrogens (tertiary/aromatic N) is 1. The number of hydrogen-bond acceptors (Lipinski definition) is 2. The Morgan fingerprint density at radius 3 is 2.50 bits per heavy atom. The zero-order chi connectivity index (χ0) is 13.9. The maximum atomic E-state index is 12.1. The van der Waals surface area contributed by atoms with Gasteiger partial charge in [-0.3, -0.25) is 9.59 Å². The summed E-state index contributed by atoms with van der Waals surface area (Å²) in [7, 11) is 0. The molecule has 0 aromatic carbocycles. The smallest absolute Gasteiger partial charge is 0.309 e. The third-order valence-corrected chi connectivity index (χ3v) is 4.05. The van der Waals surface area contributed by atoms with E-state index in [4.69, 9.17) is 0 Å². The van der Waals surface area contributed by atoms with Gasteiger partial charge in [-0.05, 0) is 46.5 Å². The number of likely N-dealkylation sites (tertiary alicyclic amines) is 1. The molecule has 1 rings (SSSR count). The van der Waals surface area contributed by atoms with Crippen molar-refractivity contribution >= 4 is 11.9 Å². The molecule has 1 unspecified atom stereocenters. The predicted octanol–water partition coefficient (Wildman–Crippen LogP) is 2.30. The summed E-state index contributed by atoms with van der Waals surface area (Å²) in [5, 5.41) is 9.26. The summed E-state index contributed by atoms with van der Waals surface area (Å²) >= 11 is 0. The van der Waals surface area contributed by atoms with Gasteiger partial charge in [0.15, 0.2) is 0 Å². The Hall–Kier alpha value is -1.32. The van der Waals surface area contributed by atoms with Gasteiger partial charge in [0, 0.05) is 18.7 Å². The Balaban J connectivity index is 2.79. The number of rotatable bonds is 3. The zero-order valence-corrected chi connectivity index (χ0v) is 11.7. The molecular weight excluding hydrogens is 230 g/mol. The van der Waals surface area contributed by atoms with Crippen molar-refractivity contribution in [3.05, 3.63) is 11.6 Å². The number of hydrogen-bond donors (Lipinski definition) is 1. The van der Waals surface area contributed by atoms with Crippen LogP contribution in [0.5, 0.6) is 0 Å². The molecule has 0 radical (unpaired) electrons. The number of carbonyl (C=O) groups is 2. The molecule has 1 amide bonds. The third kappa shape index (κ3) is 2.92. The fraction of sp³-hybridized carbons (Fsp3) is 0.714. The number of aliphatic carboxylic acids is 1. The summed E-state index contributed by atoms with van der Waals surface area (Å²) in [6.07, 6.45) is 3.55. The normalized spacial score (nSPS) is 21.9. The van der Waals surface area contributed by atoms with Crippen molar-refractivity contribution in [2.24, 2.45) is 11.3 Å². The van der Waals surface area contributed by atoms with Crippen molar-refractivity contribution in [1.29, 1.82) is 0 Å². The molecule has 1 aliphatic heterocycles. The molecule has 18 heavy (non-hydrogen) atoms. The summed E-state index contributed by atoms with van der Waals surface area (Å²) in [5.41, 5.74) is -0.0493. The van der Waals surface area contributed by atoms with Crippen LogP contribution in [0, 0.1) is 11.3 Å². The van der Waals surface area contributed by atoms with E-state index in [1.165, 1.54) is 0 Å². The fourth-order valence-corrected chi connectivity index (χ4v) is 2.30. The van der Waals surface area contributed by atoms with E-state index >= 15 is 0 Å². The predicted molar refractivity (Wildman–Crippen MR) is 70.2 cm³/mol. The van der Waals surface area contributed by atoms with Gasteiger partial charge in [-0.2, -0.15) is 0 Å². The molecule has 4 nitrogen and oxygen atoms in total. The van der Waals surface area contributed by atoms with Crippen LogP contribution >= 0.6 is 0 Å². The quantitative estimate of drug-likeness (QED) is 0.785. The minimum absolute atomic E-state index is 0.0253. The minimum atomic E-state index is -0.787. The van der Waals surface area contributed by atoms with Crippen molar-refractivity contribution < 1.29 is 14.7 Å². The lowest BCUT2D eigenvalue weighted by Gasteiger charge is -2.39. The molecule has 0 aromatic rings. The van der Waals surface area contributed by atoms with E-state index in [1.807, 2.05) is 6.92 Å². The second-order valence-electron chi connectivity index (χ2n) is 5.59. The summed E-state index contributed by atoms with van der Waals surface area (Å²) in [5.74, 6) is -0.731. The highest BCUT2D eigenvalue weighted by Crippen LogP contribution is 2.34. The summed E-state index contributed by atoms with van der Waals surface area (Å²) < 4.78 is 0. The second-order valence-corrected chi connectivity index (χ2v) is 5.59. The van der Waals surface area contributed by atoms with Gasteiger partial charge < -0.3 is 10.0 Å². The van der Waals surface area contributed by atoms with Crippen molar-refractivity contribution in [2.75, 3.05) is 13.1 Å². The van der Waals surface area contributed by atoms with Crippen molar-refractivity contribution in [2.45, 2.75) is 40.5 Å². The van der Waals surface area contributed by atoms with E-state index < -0.39 is 11.4 Å². The Labute approximate surface area is 109 Å². The molecule has 1 fully saturated rings. The maximum Gasteiger partial charge on any atom is 0.309 e. The van der Waals surface area contributed by atoms with Crippen LogP contribution in [0.1, 0.15) is 40.5 Å². The van der Waals surface area contributed by atoms with Crippen LogP contribution < -0.4 is 0 Å². The average Bonchev–Trinajstić information content (AvgIpc) is 2.36. The van der Waals surface area contributed by atoms with Crippen molar-refractivity contribution in [1.82, 2.24) is 4.90 Å². The van der Waals surface area contributed by atoms with E-state index in [1.54, 1.807) is 31.7 Å². The van der Waals surface area contributed by atoms with Gasteiger partial charge in [-0.1, -0.05) is 6.08 Å². The Kier molecular flexibility index (Phi) is 4.54. The number of carboxylic acid groups (broad SMARTS) is 1. The van der Waals surface area contributed by atoms with Crippen molar-refractivity contribution in [3.8, 4) is 0 Å². The molecule has 1 atom stereocenters. The van der Waals surface area contributed by atoms with Gasteiger partial charge in [0.2, 0.25) is 5.91 Å². The lowest BCUT2D eigenvalue weighted by Crippen LogP contribution is -2.47. The molecule has 1 saturated heterocycles. The Bertz CT molecular complexity index is 371. The minimum Gasteiger partial charge on any atom is -0.481 e. The second kappa shape index (κ2) is 5.55. The largest absolute Gasteiger partial charge is 0.481 e. The molecule has 0 aromatic heterocycles. The van der Waals surface area contributed by atoms with E-state index in [0.717, 1.165) is 25.0 Å². The first-order valence-electron chi connectivity index (χ1n) is 6.46. The van der Waals surface area contributed by atoms with Crippen LogP contribution in [0.4, 0.5) is 0 Å². The molecular formula is C14H23NO3. The van der Waals surface area contributed by atoms with Crippen LogP contribution in [0.15, 0.2) is 11.6 Å². The first-order chi connectivity index (χ1) is 8.30. The third-order valence-electron chi connectivity index (χ3n) is 4.05. The molecule has 0 bridgehead atoms. The van der Waals surface area contributed by atoms with Crippen LogP contribution in [-0.2, 0) is 9.59 Å². The number of carbonyl (C=O) groups excluding carboxylic acids is 1. The fourth-order valence-electron chi connectivity index (χ4n) is 2.30. The topological polar surface area (TPSA) is 57.6 Å². The molecule has 0 spiro atoms. The SMILES string of the molecule is C/C=C(/C)C(=O)N1CCCC(C(C)(C)C(=O)O)C1. The monoisotopic (exact) mass is 253 g/mol. The number of amides is 1. The number of piperidine rings is 1. The van der Waals surface area contributed by atoms with Gasteiger partial charge in [0.25, 0.3) is 0 Å². The molecule has 1 N–H and O–H groups in total. The molecule has 0 saturated carbocycles. The lowest BCUT2D eigenvalue weighted by atomic mass is 9.74. The maximum absolute atomic E-state index is 12.1. The number of carboxylic acids is 1. The standard InChI is InChI=1S/C14H23NO3/c1-5-10(2)12(16)15-8-6-7-11(9-15)14(3,4)13(17)18/h5,11H,6-9H2,1-4H3,(H,17,18)/b10-5-. The van der Waals surface area contributed by atoms with E-state index in [-0.39, 0.29) is 11.8 Å². The molecule has 0 aliphatic carbocycles. The van der Waals surface area contributed by atoms with Gasteiger partial charge in [0.1, 0.15) is 0 Å². The molecule has 4 heteroatoms. The van der Waals surface area contributed by atoms with Gasteiger partial charge in [-0.15, -0.1) is 0 Å². The van der Waals surface area contributed by atoms with Crippen molar-refractivity contribution in [3.63, 3.8) is 0 Å². The van der Waals surface area contributed by atoms with Crippen LogP contribution in [-0.4, -0.2) is 35.0 Å². The highest BCUT2D eigenvalue weighted by atomic mass is 16.4. The number of allylic oxidation sites excluding steroid dienone is 1. The van der Waals surface area contributed by atoms with E-state index in [9.17, 15) is 14.7 Å². The van der Waals surface area contributed by atoms with E-state index in [0.29, 0.717) is 6.54 Å². The lowest BCUT2D eigenvalue weighted by molar-refractivity contribution is -0.152. The summed E-state index contributed by atoms with van der Waals surface area (Å²) in [6.45, 7) is 8.41. The average molecular weight is 253 g/mol. The molecule has 1 heterocycles. The first kappa shape index (κ1) is 14.7. The molecule has 102 valence electrons. The van der Waals surface area contributed by atoms with Gasteiger partial charge in [-0.25, -0.2) is 0 Å². The Morgan fingerprint density at radius 1 is 1.39 bits per heavy atom. The van der Waals surface area contributed by atoms with Gasteiger partial charge >= 0.3 is 5.97 Å². The summed E-state index contributed by atoms with van der Waals surface area (Å²) in [4.78, 5) is 25.1. The first-order valence-corrected chi connectivity index (χ1v) is 6.46. The van der Waals surface area contributed by atoms with Crippen LogP contribution in [0.25, 0.3) is 0 Å². The summed E-state index contributed by atoms with van der Waals surface area (Å²) in [6, 6.07) is 0. The highest BCUT2D eigenvalue weighted by Gasteiger charge is 2.39. The Morgan fingerprint density at radius 2 is 2.00 bits per heavy atom. The van der Waals surface area contributed by atoms with Crippen LogP contribution in [0.3, 0.4) is 0 Å².